The number of rotatable bonds is 1. The van der Waals surface area contributed by atoms with E-state index in [2.05, 4.69) is 0 Å². The predicted molar refractivity (Wildman–Crippen MR) is 74.4 cm³/mol. The zero-order chi connectivity index (χ0) is 29.0. The van der Waals surface area contributed by atoms with Gasteiger partial charge in [0.25, 0.3) is 5.67 Å². The standard InChI is InChI=1S/C16H22F8O/c17-13(15(19,20)21)9-5-8-12(25,10-14(13,18)16(22,23)24)11-6-3-1-2-4-7-11/h11,25H,1-10H2/i5D2,6D2,8D2,9D2,10D2,11D. The number of hydrogen-bond donors (Lipinski definition) is 1. The first-order valence-corrected chi connectivity index (χ1v) is 7.19. The molecule has 0 aromatic heterocycles. The Morgan fingerprint density at radius 3 is 2.00 bits per heavy atom. The molecule has 0 spiro atoms. The third kappa shape index (κ3) is 3.49. The van der Waals surface area contributed by atoms with Crippen molar-refractivity contribution in [3.05, 3.63) is 0 Å². The van der Waals surface area contributed by atoms with Crippen LogP contribution < -0.4 is 0 Å². The minimum absolute atomic E-state index is 0.0639. The number of aliphatic hydroxyl groups is 1. The summed E-state index contributed by atoms with van der Waals surface area (Å²) in [5, 5.41) is 11.4. The average molecular weight is 393 g/mol. The number of alkyl halides is 8. The van der Waals surface area contributed by atoms with Crippen molar-refractivity contribution in [1.82, 2.24) is 0 Å². The van der Waals surface area contributed by atoms with Crippen molar-refractivity contribution in [1.29, 1.82) is 0 Å². The van der Waals surface area contributed by atoms with Crippen molar-refractivity contribution in [2.75, 3.05) is 0 Å². The van der Waals surface area contributed by atoms with Gasteiger partial charge in [0.05, 0.1) is 5.60 Å². The van der Waals surface area contributed by atoms with Crippen molar-refractivity contribution in [3.63, 3.8) is 0 Å². The minimum Gasteiger partial charge on any atom is -0.389 e. The second-order valence-corrected chi connectivity index (χ2v) is 5.74. The van der Waals surface area contributed by atoms with Crippen LogP contribution >= 0.6 is 0 Å². The van der Waals surface area contributed by atoms with Crippen molar-refractivity contribution >= 4 is 0 Å². The lowest BCUT2D eigenvalue weighted by molar-refractivity contribution is -0.350. The van der Waals surface area contributed by atoms with E-state index >= 15 is 8.78 Å². The van der Waals surface area contributed by atoms with E-state index < -0.39 is 86.3 Å². The summed E-state index contributed by atoms with van der Waals surface area (Å²) in [7, 11) is 0. The van der Waals surface area contributed by atoms with Gasteiger partial charge in [0.1, 0.15) is 0 Å². The molecule has 0 radical (unpaired) electrons. The molecular formula is C16H22F8O. The molecule has 4 unspecified atom stereocenters. The lowest BCUT2D eigenvalue weighted by Gasteiger charge is -2.44. The Hall–Kier alpha value is -0.600. The summed E-state index contributed by atoms with van der Waals surface area (Å²) in [6, 6.07) is 0. The Balaban J connectivity index is 3.36. The highest BCUT2D eigenvalue weighted by molar-refractivity contribution is 5.15. The lowest BCUT2D eigenvalue weighted by Crippen LogP contribution is -2.66. The van der Waals surface area contributed by atoms with Crippen molar-refractivity contribution < 1.29 is 55.3 Å². The van der Waals surface area contributed by atoms with Crippen molar-refractivity contribution in [3.8, 4) is 0 Å². The summed E-state index contributed by atoms with van der Waals surface area (Å²) in [6.45, 7) is 0. The van der Waals surface area contributed by atoms with Crippen LogP contribution in [0, 0.1) is 5.89 Å². The largest absolute Gasteiger partial charge is 0.426 e. The van der Waals surface area contributed by atoms with Crippen LogP contribution in [0.4, 0.5) is 35.1 Å². The van der Waals surface area contributed by atoms with E-state index in [1.807, 2.05) is 0 Å². The lowest BCUT2D eigenvalue weighted by atomic mass is 9.71. The van der Waals surface area contributed by atoms with E-state index in [-0.39, 0.29) is 12.8 Å². The van der Waals surface area contributed by atoms with Gasteiger partial charge in [-0.1, -0.05) is 25.7 Å². The molecule has 1 nitrogen and oxygen atoms in total. The van der Waals surface area contributed by atoms with E-state index in [0.29, 0.717) is 0 Å². The van der Waals surface area contributed by atoms with Gasteiger partial charge in [-0.3, -0.25) is 0 Å². The molecule has 148 valence electrons. The highest BCUT2D eigenvalue weighted by Crippen LogP contribution is 2.60. The summed E-state index contributed by atoms with van der Waals surface area (Å²) >= 11 is 0. The number of hydrogen-bond acceptors (Lipinski definition) is 1. The molecule has 2 fully saturated rings. The molecule has 2 aliphatic rings. The molecule has 0 saturated heterocycles. The quantitative estimate of drug-likeness (QED) is 0.441. The normalized spacial score (nSPS) is 61.4. The molecule has 25 heavy (non-hydrogen) atoms. The maximum absolute atomic E-state index is 16.1. The van der Waals surface area contributed by atoms with Crippen LogP contribution in [0.15, 0.2) is 0 Å². The molecule has 0 heterocycles. The van der Waals surface area contributed by atoms with Crippen LogP contribution in [0.5, 0.6) is 0 Å². The molecule has 0 amide bonds. The Bertz CT molecular complexity index is 894. The smallest absolute Gasteiger partial charge is 0.389 e. The molecule has 2 aliphatic carbocycles. The predicted octanol–water partition coefficient (Wildman–Crippen LogP) is 5.80. The summed E-state index contributed by atoms with van der Waals surface area (Å²) in [4.78, 5) is 0. The Morgan fingerprint density at radius 1 is 0.880 bits per heavy atom. The average Bonchev–Trinajstić information content (AvgIpc) is 2.81. The Kier molecular flexibility index (Phi) is 2.63. The molecule has 0 aliphatic heterocycles. The summed E-state index contributed by atoms with van der Waals surface area (Å²) in [5.74, 6) is -4.08. The fourth-order valence-electron chi connectivity index (χ4n) is 2.58. The highest BCUT2D eigenvalue weighted by Gasteiger charge is 2.80. The van der Waals surface area contributed by atoms with Crippen LogP contribution in [0.1, 0.15) is 79.0 Å². The summed E-state index contributed by atoms with van der Waals surface area (Å²) in [6.07, 6.45) is -43.9. The molecule has 9 heteroatoms. The molecule has 4 atom stereocenters. The van der Waals surface area contributed by atoms with Crippen LogP contribution in [0.3, 0.4) is 0 Å². The van der Waals surface area contributed by atoms with Gasteiger partial charge in [-0.25, -0.2) is 8.78 Å². The second-order valence-electron chi connectivity index (χ2n) is 5.74. The van der Waals surface area contributed by atoms with Gasteiger partial charge in [0.15, 0.2) is 0 Å². The zero-order valence-corrected chi connectivity index (χ0v) is 12.5. The van der Waals surface area contributed by atoms with Crippen LogP contribution in [-0.4, -0.2) is 34.4 Å². The molecule has 0 aromatic rings. The van der Waals surface area contributed by atoms with E-state index in [1.54, 1.807) is 0 Å². The molecule has 2 rings (SSSR count). The molecular weight excluding hydrogens is 360 g/mol. The van der Waals surface area contributed by atoms with Gasteiger partial charge in [-0.2, -0.15) is 26.3 Å². The third-order valence-electron chi connectivity index (χ3n) is 3.97. The first-order valence-electron chi connectivity index (χ1n) is 12.7. The second kappa shape index (κ2) is 6.53. The van der Waals surface area contributed by atoms with E-state index in [0.717, 1.165) is 0 Å². The first-order chi connectivity index (χ1) is 15.5. The van der Waals surface area contributed by atoms with Crippen molar-refractivity contribution in [2.24, 2.45) is 5.89 Å². The van der Waals surface area contributed by atoms with Gasteiger partial charge in [-0.05, 0) is 37.8 Å². The maximum Gasteiger partial charge on any atom is 0.426 e. The van der Waals surface area contributed by atoms with Gasteiger partial charge < -0.3 is 5.11 Å². The third-order valence-corrected chi connectivity index (χ3v) is 3.97. The van der Waals surface area contributed by atoms with Gasteiger partial charge in [0.2, 0.25) is 5.67 Å². The Morgan fingerprint density at radius 2 is 1.44 bits per heavy atom. The van der Waals surface area contributed by atoms with E-state index in [4.69, 9.17) is 15.1 Å². The number of halogens is 8. The van der Waals surface area contributed by atoms with Gasteiger partial charge >= 0.3 is 12.4 Å². The van der Waals surface area contributed by atoms with Crippen molar-refractivity contribution in [2.45, 2.75) is 93.3 Å². The van der Waals surface area contributed by atoms with Gasteiger partial charge in [0, 0.05) is 21.5 Å². The molecule has 0 bridgehead atoms. The summed E-state index contributed by atoms with van der Waals surface area (Å²) in [5.41, 5.74) is -19.9. The van der Waals surface area contributed by atoms with E-state index in [9.17, 15) is 31.4 Å². The fourth-order valence-corrected chi connectivity index (χ4v) is 2.58. The van der Waals surface area contributed by atoms with Crippen LogP contribution in [0.2, 0.25) is 0 Å². The maximum atomic E-state index is 16.1. The monoisotopic (exact) mass is 393 g/mol. The van der Waals surface area contributed by atoms with Crippen LogP contribution in [0.25, 0.3) is 0 Å². The molecule has 2 saturated carbocycles. The van der Waals surface area contributed by atoms with E-state index in [1.165, 1.54) is 0 Å². The fraction of sp³-hybridized carbons (Fsp3) is 1.00. The summed E-state index contributed by atoms with van der Waals surface area (Å²) < 4.78 is 203. The molecule has 0 aromatic carbocycles. The Labute approximate surface area is 156 Å². The molecule has 1 N–H and O–H groups in total. The zero-order valence-electron chi connectivity index (χ0n) is 23.5. The minimum atomic E-state index is -7.45. The SMILES string of the molecule is [2H]C1([2H])CCCCCC1([2H])C1(O)C([2H])([2H])C([2H])([2H])C([2H])([2H])C(F)(C(F)(F)F)C(F)(C(F)(F)F)C1([2H])[2H]. The van der Waals surface area contributed by atoms with Crippen LogP contribution in [-0.2, 0) is 0 Å². The first kappa shape index (κ1) is 10.1. The topological polar surface area (TPSA) is 20.2 Å². The van der Waals surface area contributed by atoms with Gasteiger partial charge in [-0.15, -0.1) is 0 Å². The highest BCUT2D eigenvalue weighted by atomic mass is 19.4.